The Kier molecular flexibility index (Phi) is 3.50. The fourth-order valence-electron chi connectivity index (χ4n) is 2.69. The van der Waals surface area contributed by atoms with Crippen LogP contribution in [-0.2, 0) is 9.53 Å². The molecule has 1 aliphatic carbocycles. The highest BCUT2D eigenvalue weighted by atomic mass is 16.5. The molecule has 0 saturated heterocycles. The minimum atomic E-state index is -0.191. The minimum Gasteiger partial charge on any atom is -0.460 e. The molecule has 1 aliphatic rings. The van der Waals surface area contributed by atoms with Crippen molar-refractivity contribution in [3.63, 3.8) is 0 Å². The number of aryl methyl sites for hydroxylation is 2. The summed E-state index contributed by atoms with van der Waals surface area (Å²) in [5, 5.41) is 4.52. The number of carbonyl (C=O) groups is 1. The second-order valence-corrected chi connectivity index (χ2v) is 4.87. The van der Waals surface area contributed by atoms with Gasteiger partial charge in [-0.3, -0.25) is 9.48 Å². The first kappa shape index (κ1) is 12.1. The van der Waals surface area contributed by atoms with Crippen molar-refractivity contribution in [2.75, 3.05) is 0 Å². The maximum atomic E-state index is 11.1. The third kappa shape index (κ3) is 2.68. The number of hydrogen-bond acceptors (Lipinski definition) is 3. The van der Waals surface area contributed by atoms with Crippen LogP contribution >= 0.6 is 0 Å². The van der Waals surface area contributed by atoms with Gasteiger partial charge in [-0.15, -0.1) is 0 Å². The Bertz CT molecular complexity index is 412. The molecule has 1 aromatic rings. The Hall–Kier alpha value is -1.32. The van der Waals surface area contributed by atoms with E-state index in [1.165, 1.54) is 13.3 Å². The van der Waals surface area contributed by atoms with Gasteiger partial charge in [-0.1, -0.05) is 6.42 Å². The topological polar surface area (TPSA) is 44.1 Å². The van der Waals surface area contributed by atoms with E-state index in [0.29, 0.717) is 0 Å². The zero-order valence-corrected chi connectivity index (χ0v) is 10.8. The average Bonchev–Trinajstić information content (AvgIpc) is 2.58. The number of nitrogens with zero attached hydrogens (tertiary/aromatic N) is 2. The van der Waals surface area contributed by atoms with Crippen molar-refractivity contribution < 1.29 is 9.53 Å². The van der Waals surface area contributed by atoms with E-state index < -0.39 is 0 Å². The Labute approximate surface area is 102 Å². The van der Waals surface area contributed by atoms with Crippen LogP contribution in [-0.4, -0.2) is 21.9 Å². The Morgan fingerprint density at radius 3 is 2.71 bits per heavy atom. The first-order valence-electron chi connectivity index (χ1n) is 6.28. The lowest BCUT2D eigenvalue weighted by Gasteiger charge is -2.31. The number of ether oxygens (including phenoxy) is 1. The molecule has 1 heterocycles. The van der Waals surface area contributed by atoms with Crippen molar-refractivity contribution in [3.05, 3.63) is 17.5 Å². The van der Waals surface area contributed by atoms with E-state index in [9.17, 15) is 4.79 Å². The van der Waals surface area contributed by atoms with Gasteiger partial charge in [-0.2, -0.15) is 5.10 Å². The zero-order valence-electron chi connectivity index (χ0n) is 10.8. The van der Waals surface area contributed by atoms with Crippen LogP contribution in [0.15, 0.2) is 6.07 Å². The molecule has 0 radical (unpaired) electrons. The van der Waals surface area contributed by atoms with Gasteiger partial charge in [0.2, 0.25) is 0 Å². The fraction of sp³-hybridized carbons (Fsp3) is 0.692. The van der Waals surface area contributed by atoms with Gasteiger partial charge in [-0.05, 0) is 39.2 Å². The van der Waals surface area contributed by atoms with E-state index in [1.54, 1.807) is 0 Å². The van der Waals surface area contributed by atoms with Gasteiger partial charge in [-0.25, -0.2) is 0 Å². The highest BCUT2D eigenvalue weighted by Gasteiger charge is 2.30. The number of rotatable bonds is 2. The lowest BCUT2D eigenvalue weighted by molar-refractivity contribution is -0.150. The molecule has 1 fully saturated rings. The molecule has 0 unspecified atom stereocenters. The lowest BCUT2D eigenvalue weighted by Crippen LogP contribution is -2.32. The monoisotopic (exact) mass is 236 g/mol. The molecule has 0 N–H and O–H groups in total. The summed E-state index contributed by atoms with van der Waals surface area (Å²) in [5.41, 5.74) is 2.17. The van der Waals surface area contributed by atoms with Gasteiger partial charge in [0.05, 0.1) is 11.7 Å². The minimum absolute atomic E-state index is 0.0146. The smallest absolute Gasteiger partial charge is 0.302 e. The van der Waals surface area contributed by atoms with Crippen LogP contribution in [0, 0.1) is 13.8 Å². The largest absolute Gasteiger partial charge is 0.460 e. The third-order valence-corrected chi connectivity index (χ3v) is 3.34. The van der Waals surface area contributed by atoms with Crippen molar-refractivity contribution in [2.45, 2.75) is 58.6 Å². The highest BCUT2D eigenvalue weighted by Crippen LogP contribution is 2.31. The van der Waals surface area contributed by atoms with Crippen LogP contribution in [0.5, 0.6) is 0 Å². The van der Waals surface area contributed by atoms with Crippen LogP contribution in [0.2, 0.25) is 0 Å². The molecule has 0 aromatic carbocycles. The summed E-state index contributed by atoms with van der Waals surface area (Å²) in [4.78, 5) is 11.1. The predicted octanol–water partition coefficient (Wildman–Crippen LogP) is 2.55. The fourth-order valence-corrected chi connectivity index (χ4v) is 2.69. The van der Waals surface area contributed by atoms with E-state index >= 15 is 0 Å². The average molecular weight is 236 g/mol. The van der Waals surface area contributed by atoms with Gasteiger partial charge in [0.25, 0.3) is 0 Å². The van der Waals surface area contributed by atoms with Crippen molar-refractivity contribution in [2.24, 2.45) is 0 Å². The summed E-state index contributed by atoms with van der Waals surface area (Å²) in [5.74, 6) is -0.191. The molecular weight excluding hydrogens is 216 g/mol. The Morgan fingerprint density at radius 1 is 1.41 bits per heavy atom. The second kappa shape index (κ2) is 4.90. The molecule has 0 spiro atoms. The van der Waals surface area contributed by atoms with Crippen LogP contribution in [0.4, 0.5) is 0 Å². The summed E-state index contributed by atoms with van der Waals surface area (Å²) in [6.07, 6.45) is 4.29. The third-order valence-electron chi connectivity index (χ3n) is 3.34. The second-order valence-electron chi connectivity index (χ2n) is 4.87. The zero-order chi connectivity index (χ0) is 12.4. The first-order chi connectivity index (χ1) is 8.08. The molecule has 0 aliphatic heterocycles. The van der Waals surface area contributed by atoms with Gasteiger partial charge >= 0.3 is 5.97 Å². The predicted molar refractivity (Wildman–Crippen MR) is 64.8 cm³/mol. The van der Waals surface area contributed by atoms with Crippen molar-refractivity contribution in [1.29, 1.82) is 0 Å². The van der Waals surface area contributed by atoms with Crippen molar-refractivity contribution in [1.82, 2.24) is 9.78 Å². The van der Waals surface area contributed by atoms with Crippen LogP contribution in [0.3, 0.4) is 0 Å². The molecule has 17 heavy (non-hydrogen) atoms. The van der Waals surface area contributed by atoms with E-state index in [4.69, 9.17) is 4.74 Å². The molecule has 2 atom stereocenters. The summed E-state index contributed by atoms with van der Waals surface area (Å²) < 4.78 is 7.45. The Morgan fingerprint density at radius 2 is 2.12 bits per heavy atom. The van der Waals surface area contributed by atoms with E-state index in [2.05, 4.69) is 18.1 Å². The lowest BCUT2D eigenvalue weighted by atomic mass is 9.92. The highest BCUT2D eigenvalue weighted by molar-refractivity contribution is 5.66. The van der Waals surface area contributed by atoms with Crippen molar-refractivity contribution in [3.8, 4) is 0 Å². The van der Waals surface area contributed by atoms with E-state index in [-0.39, 0.29) is 18.1 Å². The molecule has 1 aromatic heterocycles. The van der Waals surface area contributed by atoms with Crippen molar-refractivity contribution >= 4 is 5.97 Å². The summed E-state index contributed by atoms with van der Waals surface area (Å²) >= 11 is 0. The summed E-state index contributed by atoms with van der Waals surface area (Å²) in [6.45, 7) is 5.53. The number of carbonyl (C=O) groups excluding carboxylic acids is 1. The number of hydrogen-bond donors (Lipinski definition) is 0. The molecule has 94 valence electrons. The van der Waals surface area contributed by atoms with Gasteiger partial charge in [0.15, 0.2) is 0 Å². The summed E-state index contributed by atoms with van der Waals surface area (Å²) in [6, 6.07) is 2.28. The molecule has 2 rings (SSSR count). The maximum absolute atomic E-state index is 11.1. The van der Waals surface area contributed by atoms with Crippen LogP contribution < -0.4 is 0 Å². The Balaban J connectivity index is 2.21. The molecule has 0 bridgehead atoms. The van der Waals surface area contributed by atoms with Gasteiger partial charge in [0, 0.05) is 12.6 Å². The van der Waals surface area contributed by atoms with Crippen LogP contribution in [0.1, 0.15) is 50.0 Å². The molecule has 0 amide bonds. The first-order valence-corrected chi connectivity index (χ1v) is 6.28. The van der Waals surface area contributed by atoms with E-state index in [0.717, 1.165) is 30.7 Å². The number of esters is 1. The molecule has 1 saturated carbocycles. The SMILES string of the molecule is CC(=O)O[C@@H]1CCCC[C@@H]1n1nc(C)cc1C. The van der Waals surface area contributed by atoms with Gasteiger partial charge < -0.3 is 4.74 Å². The molecule has 4 nitrogen and oxygen atoms in total. The molecule has 4 heteroatoms. The standard InChI is InChI=1S/C13H20N2O2/c1-9-8-10(2)15(14-9)12-6-4-5-7-13(12)17-11(3)16/h8,12-13H,4-7H2,1-3H3/t12-,13+/m0/s1. The number of aromatic nitrogens is 2. The normalized spacial score (nSPS) is 24.6. The van der Waals surface area contributed by atoms with Gasteiger partial charge in [0.1, 0.15) is 6.10 Å². The van der Waals surface area contributed by atoms with E-state index in [1.807, 2.05) is 11.6 Å². The molecular formula is C13H20N2O2. The summed E-state index contributed by atoms with van der Waals surface area (Å²) in [7, 11) is 0. The quantitative estimate of drug-likeness (QED) is 0.741. The maximum Gasteiger partial charge on any atom is 0.302 e. The van der Waals surface area contributed by atoms with Crippen LogP contribution in [0.25, 0.3) is 0 Å².